The van der Waals surface area contributed by atoms with Crippen molar-refractivity contribution in [3.8, 4) is 11.5 Å². The van der Waals surface area contributed by atoms with Crippen LogP contribution in [0.25, 0.3) is 0 Å². The number of nitrogens with two attached hydrogens (primary N) is 1. The lowest BCUT2D eigenvalue weighted by Crippen LogP contribution is -2.22. The lowest BCUT2D eigenvalue weighted by atomic mass is 10.1. The number of aromatic nitrogens is 1. The summed E-state index contributed by atoms with van der Waals surface area (Å²) in [4.78, 5) is 16.1. The molecule has 1 aliphatic rings. The number of benzene rings is 1. The number of anilines is 1. The summed E-state index contributed by atoms with van der Waals surface area (Å²) in [6, 6.07) is 5.37. The maximum Gasteiger partial charge on any atom is 0.291 e. The smallest absolute Gasteiger partial charge is 0.291 e. The molecular formula is C16H13Cl3N4O3. The van der Waals surface area contributed by atoms with Crippen molar-refractivity contribution >= 4 is 52.1 Å². The summed E-state index contributed by atoms with van der Waals surface area (Å²) in [7, 11) is 0. The Morgan fingerprint density at radius 2 is 1.88 bits per heavy atom. The van der Waals surface area contributed by atoms with Crippen LogP contribution >= 0.6 is 34.8 Å². The first kappa shape index (κ1) is 18.6. The summed E-state index contributed by atoms with van der Waals surface area (Å²) < 4.78 is 11.0. The number of rotatable bonds is 3. The highest BCUT2D eigenvalue weighted by molar-refractivity contribution is 6.46. The van der Waals surface area contributed by atoms with Gasteiger partial charge in [-0.1, -0.05) is 34.8 Å². The molecule has 0 atom stereocenters. The highest BCUT2D eigenvalue weighted by Crippen LogP contribution is 2.34. The van der Waals surface area contributed by atoms with Gasteiger partial charge < -0.3 is 15.2 Å². The molecule has 0 fully saturated rings. The molecule has 3 rings (SSSR count). The summed E-state index contributed by atoms with van der Waals surface area (Å²) in [5.74, 6) is 0.618. The van der Waals surface area contributed by atoms with E-state index in [1.807, 2.05) is 0 Å². The first-order valence-electron chi connectivity index (χ1n) is 7.43. The van der Waals surface area contributed by atoms with Gasteiger partial charge in [0.05, 0.1) is 16.4 Å². The Morgan fingerprint density at radius 3 is 2.62 bits per heavy atom. The normalized spacial score (nSPS) is 13.5. The Bertz CT molecular complexity index is 918. The van der Waals surface area contributed by atoms with Crippen LogP contribution in [0.15, 0.2) is 23.3 Å². The molecule has 2 aromatic rings. The van der Waals surface area contributed by atoms with Crippen molar-refractivity contribution in [1.82, 2.24) is 10.4 Å². The minimum Gasteiger partial charge on any atom is -0.486 e. The fourth-order valence-electron chi connectivity index (χ4n) is 2.20. The molecule has 0 aliphatic carbocycles. The maximum absolute atomic E-state index is 12.3. The van der Waals surface area contributed by atoms with Gasteiger partial charge in [-0.15, -0.1) is 0 Å². The Kier molecular flexibility index (Phi) is 5.41. The number of hydrogen-bond donors (Lipinski definition) is 2. The van der Waals surface area contributed by atoms with E-state index in [1.54, 1.807) is 25.1 Å². The van der Waals surface area contributed by atoms with Gasteiger partial charge in [-0.2, -0.15) is 5.10 Å². The second-order valence-corrected chi connectivity index (χ2v) is 6.40. The lowest BCUT2D eigenvalue weighted by molar-refractivity contribution is 0.0950. The van der Waals surface area contributed by atoms with Crippen molar-refractivity contribution in [2.24, 2.45) is 5.10 Å². The molecule has 0 radical (unpaired) electrons. The van der Waals surface area contributed by atoms with Crippen molar-refractivity contribution in [2.45, 2.75) is 6.92 Å². The third kappa shape index (κ3) is 3.65. The summed E-state index contributed by atoms with van der Waals surface area (Å²) in [6.45, 7) is 2.71. The van der Waals surface area contributed by atoms with E-state index in [2.05, 4.69) is 15.5 Å². The molecule has 2 heterocycles. The number of nitrogens with zero attached hydrogens (tertiary/aromatic N) is 2. The molecule has 0 unspecified atom stereocenters. The number of nitrogens with one attached hydrogen (secondary N) is 1. The van der Waals surface area contributed by atoms with Crippen LogP contribution in [-0.4, -0.2) is 29.8 Å². The third-order valence-corrected chi connectivity index (χ3v) is 4.71. The number of hydrazone groups is 1. The first-order valence-corrected chi connectivity index (χ1v) is 8.56. The van der Waals surface area contributed by atoms with E-state index in [0.717, 1.165) is 5.56 Å². The number of fused-ring (bicyclic) bond motifs is 1. The summed E-state index contributed by atoms with van der Waals surface area (Å²) in [6.07, 6.45) is 0. The van der Waals surface area contributed by atoms with Crippen LogP contribution in [0.4, 0.5) is 5.69 Å². The Labute approximate surface area is 164 Å². The van der Waals surface area contributed by atoms with Gasteiger partial charge in [-0.25, -0.2) is 10.4 Å². The molecule has 10 heteroatoms. The predicted molar refractivity (Wildman–Crippen MR) is 101 cm³/mol. The Morgan fingerprint density at radius 1 is 1.19 bits per heavy atom. The van der Waals surface area contributed by atoms with Crippen LogP contribution in [0.3, 0.4) is 0 Å². The average Bonchev–Trinajstić information content (AvgIpc) is 2.66. The molecule has 1 aromatic carbocycles. The van der Waals surface area contributed by atoms with Crippen molar-refractivity contribution in [3.63, 3.8) is 0 Å². The van der Waals surface area contributed by atoms with E-state index >= 15 is 0 Å². The zero-order valence-electron chi connectivity index (χ0n) is 13.5. The van der Waals surface area contributed by atoms with E-state index in [9.17, 15) is 4.79 Å². The molecule has 1 amide bonds. The van der Waals surface area contributed by atoms with Gasteiger partial charge >= 0.3 is 0 Å². The number of pyridine rings is 1. The SMILES string of the molecule is CC(=NNC(=O)c1nc(Cl)c(Cl)c(N)c1Cl)c1ccc2c(c1)OCCO2. The Balaban J connectivity index is 1.80. The third-order valence-electron chi connectivity index (χ3n) is 3.57. The predicted octanol–water partition coefficient (Wildman–Crippen LogP) is 3.55. The molecule has 0 saturated carbocycles. The van der Waals surface area contributed by atoms with Gasteiger partial charge in [0.2, 0.25) is 0 Å². The second-order valence-electron chi connectivity index (χ2n) is 5.29. The molecule has 0 bridgehead atoms. The van der Waals surface area contributed by atoms with Gasteiger partial charge in [0, 0.05) is 5.56 Å². The molecule has 7 nitrogen and oxygen atoms in total. The molecule has 0 saturated heterocycles. The topological polar surface area (TPSA) is 98.8 Å². The van der Waals surface area contributed by atoms with Crippen molar-refractivity contribution in [2.75, 3.05) is 18.9 Å². The van der Waals surface area contributed by atoms with Gasteiger partial charge in [-0.05, 0) is 25.1 Å². The van der Waals surface area contributed by atoms with Crippen molar-refractivity contribution in [3.05, 3.63) is 44.7 Å². The van der Waals surface area contributed by atoms with Gasteiger partial charge in [-0.3, -0.25) is 4.79 Å². The zero-order valence-corrected chi connectivity index (χ0v) is 15.7. The zero-order chi connectivity index (χ0) is 18.8. The fraction of sp³-hybridized carbons (Fsp3) is 0.188. The first-order chi connectivity index (χ1) is 12.4. The maximum atomic E-state index is 12.3. The van der Waals surface area contributed by atoms with E-state index < -0.39 is 5.91 Å². The molecule has 1 aliphatic heterocycles. The van der Waals surface area contributed by atoms with E-state index in [1.165, 1.54) is 0 Å². The quantitative estimate of drug-likeness (QED) is 0.454. The summed E-state index contributed by atoms with van der Waals surface area (Å²) in [5.41, 5.74) is 9.17. The monoisotopic (exact) mass is 414 g/mol. The largest absolute Gasteiger partial charge is 0.486 e. The van der Waals surface area contributed by atoms with Crippen LogP contribution in [0.1, 0.15) is 23.0 Å². The van der Waals surface area contributed by atoms with E-state index in [0.29, 0.717) is 30.4 Å². The lowest BCUT2D eigenvalue weighted by Gasteiger charge is -2.18. The molecule has 1 aromatic heterocycles. The second kappa shape index (κ2) is 7.57. The number of ether oxygens (including phenoxy) is 2. The standard InChI is InChI=1S/C16H13Cl3N4O3/c1-7(8-2-3-9-10(6-8)26-5-4-25-9)22-23-16(24)14-11(17)13(20)12(18)15(19)21-14/h2-3,6H,4-5H2,1H3,(H2,20,21)(H,23,24). The number of amides is 1. The highest BCUT2D eigenvalue weighted by Gasteiger charge is 2.20. The minimum atomic E-state index is -0.669. The summed E-state index contributed by atoms with van der Waals surface area (Å²) in [5, 5.41) is 3.83. The van der Waals surface area contributed by atoms with Crippen molar-refractivity contribution < 1.29 is 14.3 Å². The van der Waals surface area contributed by atoms with Gasteiger partial charge in [0.25, 0.3) is 5.91 Å². The number of carbonyl (C=O) groups excluding carboxylic acids is 1. The Hall–Kier alpha value is -2.22. The van der Waals surface area contributed by atoms with Crippen molar-refractivity contribution in [1.29, 1.82) is 0 Å². The van der Waals surface area contributed by atoms with E-state index in [4.69, 9.17) is 50.0 Å². The molecule has 3 N–H and O–H groups in total. The van der Waals surface area contributed by atoms with Crippen LogP contribution in [0, 0.1) is 0 Å². The highest BCUT2D eigenvalue weighted by atomic mass is 35.5. The number of hydrogen-bond acceptors (Lipinski definition) is 6. The fourth-order valence-corrected chi connectivity index (χ4v) is 2.80. The number of halogens is 3. The minimum absolute atomic E-state index is 0.0100. The van der Waals surface area contributed by atoms with Crippen LogP contribution < -0.4 is 20.6 Å². The van der Waals surface area contributed by atoms with Gasteiger partial charge in [0.1, 0.15) is 18.2 Å². The van der Waals surface area contributed by atoms with Crippen LogP contribution in [-0.2, 0) is 0 Å². The average molecular weight is 416 g/mol. The molecule has 0 spiro atoms. The number of nitrogen functional groups attached to an aromatic ring is 1. The summed E-state index contributed by atoms with van der Waals surface area (Å²) >= 11 is 17.7. The van der Waals surface area contributed by atoms with Gasteiger partial charge in [0.15, 0.2) is 22.3 Å². The van der Waals surface area contributed by atoms with E-state index in [-0.39, 0.29) is 26.6 Å². The van der Waals surface area contributed by atoms with Crippen LogP contribution in [0.2, 0.25) is 15.2 Å². The molecule has 136 valence electrons. The molecular weight excluding hydrogens is 403 g/mol. The van der Waals surface area contributed by atoms with Crippen LogP contribution in [0.5, 0.6) is 11.5 Å². The number of carbonyl (C=O) groups is 1. The molecule has 26 heavy (non-hydrogen) atoms.